The highest BCUT2D eigenvalue weighted by Crippen LogP contribution is 2.31. The second kappa shape index (κ2) is 11.1. The fourth-order valence-electron chi connectivity index (χ4n) is 3.69. The lowest BCUT2D eigenvalue weighted by molar-refractivity contribution is -0.140. The molecule has 1 unspecified atom stereocenters. The maximum absolute atomic E-state index is 12.8. The monoisotopic (exact) mass is 482 g/mol. The van der Waals surface area contributed by atoms with Gasteiger partial charge in [-0.3, -0.25) is 0 Å². The summed E-state index contributed by atoms with van der Waals surface area (Å²) in [5, 5.41) is 9.46. The van der Waals surface area contributed by atoms with Gasteiger partial charge in [0.05, 0.1) is 18.2 Å². The number of hydrogen-bond acceptors (Lipinski definition) is 5. The van der Waals surface area contributed by atoms with E-state index < -0.39 is 12.0 Å². The van der Waals surface area contributed by atoms with Crippen molar-refractivity contribution in [2.24, 2.45) is 0 Å². The van der Waals surface area contributed by atoms with Crippen LogP contribution in [0.1, 0.15) is 29.7 Å². The molecule has 0 aliphatic carbocycles. The summed E-state index contributed by atoms with van der Waals surface area (Å²) in [6.45, 7) is 6.20. The van der Waals surface area contributed by atoms with E-state index in [0.717, 1.165) is 22.4 Å². The van der Waals surface area contributed by atoms with Crippen molar-refractivity contribution in [3.05, 3.63) is 70.4 Å². The van der Waals surface area contributed by atoms with Crippen LogP contribution in [0.25, 0.3) is 0 Å². The highest BCUT2D eigenvalue weighted by Gasteiger charge is 2.33. The van der Waals surface area contributed by atoms with E-state index in [-0.39, 0.29) is 12.6 Å². The van der Waals surface area contributed by atoms with Crippen LogP contribution in [0.15, 0.2) is 53.7 Å². The second-order valence-electron chi connectivity index (χ2n) is 8.04. The molecule has 180 valence electrons. The van der Waals surface area contributed by atoms with E-state index in [4.69, 9.17) is 21.7 Å². The van der Waals surface area contributed by atoms with Gasteiger partial charge in [0.15, 0.2) is 5.11 Å². The van der Waals surface area contributed by atoms with Crippen LogP contribution in [0, 0.1) is 13.8 Å². The van der Waals surface area contributed by atoms with Crippen LogP contribution in [0.4, 0.5) is 16.2 Å². The van der Waals surface area contributed by atoms with Crippen LogP contribution in [0.3, 0.4) is 0 Å². The molecule has 0 spiro atoms. The lowest BCUT2D eigenvalue weighted by Crippen LogP contribution is -2.46. The summed E-state index contributed by atoms with van der Waals surface area (Å²) in [7, 11) is 3.35. The molecule has 0 saturated carbocycles. The third-order valence-electron chi connectivity index (χ3n) is 5.72. The molecule has 0 aromatic heterocycles. The zero-order chi connectivity index (χ0) is 24.8. The predicted octanol–water partition coefficient (Wildman–Crippen LogP) is 4.27. The van der Waals surface area contributed by atoms with Crippen molar-refractivity contribution in [2.75, 3.05) is 38.0 Å². The van der Waals surface area contributed by atoms with Crippen LogP contribution >= 0.6 is 12.2 Å². The average Bonchev–Trinajstić information content (AvgIpc) is 2.80. The zero-order valence-corrected chi connectivity index (χ0v) is 20.8. The van der Waals surface area contributed by atoms with E-state index in [1.54, 1.807) is 31.2 Å². The molecule has 0 radical (unpaired) electrons. The maximum Gasteiger partial charge on any atom is 0.338 e. The number of ether oxygens (including phenoxy) is 2. The molecule has 1 heterocycles. The Bertz CT molecular complexity index is 1090. The van der Waals surface area contributed by atoms with Crippen molar-refractivity contribution < 1.29 is 19.1 Å². The van der Waals surface area contributed by atoms with Crippen molar-refractivity contribution in [2.45, 2.75) is 26.8 Å². The quantitative estimate of drug-likeness (QED) is 0.308. The fraction of sp³-hybridized carbons (Fsp3) is 0.320. The number of nitrogens with zero attached hydrogens (tertiary/aromatic N) is 1. The zero-order valence-electron chi connectivity index (χ0n) is 20.0. The average molecular weight is 483 g/mol. The number of urea groups is 1. The largest absolute Gasteiger partial charge is 0.460 e. The molecule has 0 fully saturated rings. The Morgan fingerprint density at radius 2 is 1.68 bits per heavy atom. The number of methoxy groups -OCH3 is 1. The number of allylic oxidation sites excluding steroid dienone is 1. The number of rotatable bonds is 7. The third kappa shape index (κ3) is 5.73. The van der Waals surface area contributed by atoms with Gasteiger partial charge in [-0.05, 0) is 61.8 Å². The third-order valence-corrected chi connectivity index (χ3v) is 6.11. The number of aryl methyl sites for hydroxylation is 2. The number of nitrogens with one attached hydrogen (secondary N) is 3. The van der Waals surface area contributed by atoms with Gasteiger partial charge in [-0.15, -0.1) is 0 Å². The van der Waals surface area contributed by atoms with E-state index in [1.165, 1.54) is 0 Å². The molecule has 2 amide bonds. The first kappa shape index (κ1) is 25.2. The van der Waals surface area contributed by atoms with Crippen molar-refractivity contribution in [1.29, 1.82) is 0 Å². The highest BCUT2D eigenvalue weighted by atomic mass is 32.1. The Labute approximate surface area is 205 Å². The number of hydrogen-bond donors (Lipinski definition) is 3. The molecule has 1 aliphatic rings. The van der Waals surface area contributed by atoms with E-state index >= 15 is 0 Å². The van der Waals surface area contributed by atoms with E-state index in [1.807, 2.05) is 51.1 Å². The standard InChI is InChI=1S/C25H30N4O4S/c1-15-7-6-8-16(2)21(15)27-24(31)26-19-11-9-18(10-12-19)22-20(23(30)33-14-13-32-5)17(3)29(4)25(34)28-22/h6-12,22H,13-14H2,1-5H3,(H,28,34)(H2,26,27,31). The topological polar surface area (TPSA) is 91.9 Å². The summed E-state index contributed by atoms with van der Waals surface area (Å²) >= 11 is 5.44. The summed E-state index contributed by atoms with van der Waals surface area (Å²) in [6, 6.07) is 12.3. The predicted molar refractivity (Wildman–Crippen MR) is 137 cm³/mol. The number of para-hydroxylation sites is 1. The molecule has 2 aromatic carbocycles. The number of amides is 2. The molecule has 0 bridgehead atoms. The summed E-state index contributed by atoms with van der Waals surface area (Å²) in [6.07, 6.45) is 0. The highest BCUT2D eigenvalue weighted by molar-refractivity contribution is 7.80. The molecule has 34 heavy (non-hydrogen) atoms. The number of anilines is 2. The Morgan fingerprint density at radius 1 is 1.03 bits per heavy atom. The summed E-state index contributed by atoms with van der Waals surface area (Å²) in [5.74, 6) is -0.434. The normalized spacial score (nSPS) is 15.6. The SMILES string of the molecule is COCCOC(=O)C1=C(C)N(C)C(=S)NC1c1ccc(NC(=O)Nc2c(C)cccc2C)cc1. The fourth-order valence-corrected chi connectivity index (χ4v) is 3.95. The molecule has 3 N–H and O–H groups in total. The molecule has 8 nitrogen and oxygen atoms in total. The molecular formula is C25H30N4O4S. The van der Waals surface area contributed by atoms with Gasteiger partial charge in [-0.2, -0.15) is 0 Å². The van der Waals surface area contributed by atoms with Gasteiger partial charge in [-0.1, -0.05) is 30.3 Å². The minimum Gasteiger partial charge on any atom is -0.460 e. The van der Waals surface area contributed by atoms with Crippen LogP contribution in [0.5, 0.6) is 0 Å². The number of benzene rings is 2. The van der Waals surface area contributed by atoms with Crippen molar-refractivity contribution in [1.82, 2.24) is 10.2 Å². The van der Waals surface area contributed by atoms with E-state index in [9.17, 15) is 9.59 Å². The number of esters is 1. The van der Waals surface area contributed by atoms with Crippen molar-refractivity contribution in [3.63, 3.8) is 0 Å². The molecule has 9 heteroatoms. The molecular weight excluding hydrogens is 452 g/mol. The minimum absolute atomic E-state index is 0.158. The number of carbonyl (C=O) groups excluding carboxylic acids is 2. The van der Waals surface area contributed by atoms with Gasteiger partial charge >= 0.3 is 12.0 Å². The lowest BCUT2D eigenvalue weighted by atomic mass is 9.95. The van der Waals surface area contributed by atoms with E-state index in [2.05, 4.69) is 16.0 Å². The first-order chi connectivity index (χ1) is 16.2. The molecule has 3 rings (SSSR count). The summed E-state index contributed by atoms with van der Waals surface area (Å²) < 4.78 is 10.4. The smallest absolute Gasteiger partial charge is 0.338 e. The van der Waals surface area contributed by atoms with Gasteiger partial charge in [0.1, 0.15) is 6.61 Å². The van der Waals surface area contributed by atoms with Gasteiger partial charge < -0.3 is 30.3 Å². The Kier molecular flexibility index (Phi) is 8.25. The summed E-state index contributed by atoms with van der Waals surface area (Å²) in [4.78, 5) is 27.1. The molecule has 2 aromatic rings. The van der Waals surface area contributed by atoms with Crippen LogP contribution < -0.4 is 16.0 Å². The molecule has 0 saturated heterocycles. The van der Waals surface area contributed by atoms with Gasteiger partial charge in [0.2, 0.25) is 0 Å². The first-order valence-corrected chi connectivity index (χ1v) is 11.3. The number of thiocarbonyl (C=S) groups is 1. The van der Waals surface area contributed by atoms with Crippen molar-refractivity contribution >= 4 is 40.7 Å². The second-order valence-corrected chi connectivity index (χ2v) is 8.42. The first-order valence-electron chi connectivity index (χ1n) is 10.9. The van der Waals surface area contributed by atoms with Crippen LogP contribution in [-0.4, -0.2) is 49.4 Å². The molecule has 1 atom stereocenters. The maximum atomic E-state index is 12.8. The Morgan fingerprint density at radius 3 is 2.29 bits per heavy atom. The van der Waals surface area contributed by atoms with E-state index in [0.29, 0.717) is 28.7 Å². The van der Waals surface area contributed by atoms with Gasteiger partial charge in [0, 0.05) is 31.2 Å². The number of carbonyl (C=O) groups is 2. The van der Waals surface area contributed by atoms with Crippen LogP contribution in [0.2, 0.25) is 0 Å². The summed E-state index contributed by atoms with van der Waals surface area (Å²) in [5.41, 5.74) is 5.38. The minimum atomic E-state index is -0.476. The van der Waals surface area contributed by atoms with Gasteiger partial charge in [-0.25, -0.2) is 9.59 Å². The van der Waals surface area contributed by atoms with Gasteiger partial charge in [0.25, 0.3) is 0 Å². The Balaban J connectivity index is 1.77. The Hall–Kier alpha value is -3.43. The molecule has 1 aliphatic heterocycles. The van der Waals surface area contributed by atoms with Crippen LogP contribution in [-0.2, 0) is 14.3 Å². The lowest BCUT2D eigenvalue weighted by Gasteiger charge is -2.35. The van der Waals surface area contributed by atoms with Crippen molar-refractivity contribution in [3.8, 4) is 0 Å².